The van der Waals surface area contributed by atoms with Gasteiger partial charge in [-0.05, 0) is 32.0 Å². The largest absolute Gasteiger partial charge is 0.316 e. The fourth-order valence-corrected chi connectivity index (χ4v) is 1.42. The van der Waals surface area contributed by atoms with Gasteiger partial charge in [0.25, 0.3) is 0 Å². The summed E-state index contributed by atoms with van der Waals surface area (Å²) < 4.78 is 0. The Balaban J connectivity index is 2.89. The van der Waals surface area contributed by atoms with Gasteiger partial charge in [-0.2, -0.15) is 0 Å². The summed E-state index contributed by atoms with van der Waals surface area (Å²) in [5.74, 6) is 0. The highest BCUT2D eigenvalue weighted by Crippen LogP contribution is 2.22. The van der Waals surface area contributed by atoms with Crippen molar-refractivity contribution in [2.45, 2.75) is 20.4 Å². The molecule has 0 saturated heterocycles. The van der Waals surface area contributed by atoms with E-state index in [0.717, 1.165) is 11.4 Å². The number of benzene rings is 1. The van der Waals surface area contributed by atoms with Gasteiger partial charge in [-0.3, -0.25) is 0 Å². The third kappa shape index (κ3) is 2.89. The minimum atomic E-state index is 0.914. The predicted octanol–water partition coefficient (Wildman–Crippen LogP) is 3.09. The Kier molecular flexibility index (Phi) is 4.23. The predicted molar refractivity (Wildman–Crippen MR) is 66.5 cm³/mol. The number of nitrogens with one attached hydrogen (secondary N) is 1. The molecule has 0 amide bonds. The van der Waals surface area contributed by atoms with Crippen LogP contribution in [0, 0.1) is 0 Å². The van der Waals surface area contributed by atoms with Crippen LogP contribution in [0.25, 0.3) is 4.91 Å². The second-order valence-electron chi connectivity index (χ2n) is 3.58. The van der Waals surface area contributed by atoms with Crippen molar-refractivity contribution in [3.63, 3.8) is 0 Å². The molecule has 0 atom stereocenters. The molecule has 0 aromatic heterocycles. The first-order valence-electron chi connectivity index (χ1n) is 4.75. The van der Waals surface area contributed by atoms with Crippen molar-refractivity contribution in [2.24, 2.45) is 0 Å². The van der Waals surface area contributed by atoms with E-state index in [1.54, 1.807) is 0 Å². The molecule has 1 aromatic carbocycles. The number of rotatable bonds is 3. The highest BCUT2D eigenvalue weighted by Gasteiger charge is 1.98. The summed E-state index contributed by atoms with van der Waals surface area (Å²) in [6.45, 7) is 5.06. The fourth-order valence-electron chi connectivity index (χ4n) is 1.27. The number of hydrogen-bond donors (Lipinski definition) is 2. The van der Waals surface area contributed by atoms with Crippen molar-refractivity contribution in [2.75, 3.05) is 7.05 Å². The molecule has 0 aliphatic heterocycles. The topological polar surface area (TPSA) is 12.0 Å². The maximum Gasteiger partial charge on any atom is 0.0202 e. The van der Waals surface area contributed by atoms with E-state index in [1.165, 1.54) is 16.7 Å². The van der Waals surface area contributed by atoms with E-state index in [2.05, 4.69) is 56.1 Å². The standard InChI is InChI=1S/C12H17NS/c1-9(2)12(14)11-6-4-10(5-7-11)8-13-3/h4-7,13-14H,8H2,1-3H3. The van der Waals surface area contributed by atoms with E-state index < -0.39 is 0 Å². The molecule has 0 aliphatic rings. The van der Waals surface area contributed by atoms with Crippen LogP contribution in [0.3, 0.4) is 0 Å². The smallest absolute Gasteiger partial charge is 0.0202 e. The maximum atomic E-state index is 4.46. The lowest BCUT2D eigenvalue weighted by Gasteiger charge is -2.05. The molecule has 76 valence electrons. The SMILES string of the molecule is CNCc1ccc(C(S)=C(C)C)cc1. The summed E-state index contributed by atoms with van der Waals surface area (Å²) in [5, 5.41) is 3.12. The molecular formula is C12H17NS. The molecular weight excluding hydrogens is 190 g/mol. The zero-order valence-corrected chi connectivity index (χ0v) is 9.86. The summed E-state index contributed by atoms with van der Waals surface area (Å²) in [6.07, 6.45) is 0. The Bertz CT molecular complexity index is 321. The van der Waals surface area contributed by atoms with Crippen molar-refractivity contribution >= 4 is 17.5 Å². The van der Waals surface area contributed by atoms with Crippen LogP contribution < -0.4 is 5.32 Å². The summed E-state index contributed by atoms with van der Waals surface area (Å²) in [4.78, 5) is 1.07. The third-order valence-electron chi connectivity index (χ3n) is 2.08. The van der Waals surface area contributed by atoms with E-state index in [9.17, 15) is 0 Å². The molecule has 0 spiro atoms. The molecule has 0 heterocycles. The lowest BCUT2D eigenvalue weighted by molar-refractivity contribution is 0.818. The zero-order valence-electron chi connectivity index (χ0n) is 8.96. The van der Waals surface area contributed by atoms with Gasteiger partial charge in [0.15, 0.2) is 0 Å². The van der Waals surface area contributed by atoms with Crippen LogP contribution in [-0.4, -0.2) is 7.05 Å². The Hall–Kier alpha value is -0.730. The molecule has 0 unspecified atom stereocenters. The van der Waals surface area contributed by atoms with E-state index >= 15 is 0 Å². The van der Waals surface area contributed by atoms with E-state index in [1.807, 2.05) is 7.05 Å². The molecule has 0 saturated carbocycles. The van der Waals surface area contributed by atoms with Crippen LogP contribution in [0.4, 0.5) is 0 Å². The lowest BCUT2D eigenvalue weighted by Crippen LogP contribution is -2.04. The van der Waals surface area contributed by atoms with Gasteiger partial charge in [0.1, 0.15) is 0 Å². The van der Waals surface area contributed by atoms with Crippen LogP contribution in [0.5, 0.6) is 0 Å². The van der Waals surface area contributed by atoms with Crippen molar-refractivity contribution in [1.82, 2.24) is 5.32 Å². The van der Waals surface area contributed by atoms with Gasteiger partial charge < -0.3 is 5.32 Å². The van der Waals surface area contributed by atoms with Crippen LogP contribution in [-0.2, 0) is 6.54 Å². The van der Waals surface area contributed by atoms with Gasteiger partial charge in [-0.25, -0.2) is 0 Å². The van der Waals surface area contributed by atoms with Gasteiger partial charge in [0, 0.05) is 11.4 Å². The van der Waals surface area contributed by atoms with E-state index in [0.29, 0.717) is 0 Å². The van der Waals surface area contributed by atoms with Crippen molar-refractivity contribution in [3.05, 3.63) is 41.0 Å². The summed E-state index contributed by atoms with van der Waals surface area (Å²) >= 11 is 4.46. The minimum absolute atomic E-state index is 0.914. The van der Waals surface area contributed by atoms with Gasteiger partial charge in [0.2, 0.25) is 0 Å². The van der Waals surface area contributed by atoms with Crippen LogP contribution in [0.15, 0.2) is 29.8 Å². The van der Waals surface area contributed by atoms with Gasteiger partial charge in [-0.15, -0.1) is 12.6 Å². The molecule has 1 N–H and O–H groups in total. The maximum absolute atomic E-state index is 4.46. The Morgan fingerprint density at radius 3 is 2.21 bits per heavy atom. The first-order chi connectivity index (χ1) is 6.65. The average Bonchev–Trinajstić information content (AvgIpc) is 2.18. The van der Waals surface area contributed by atoms with E-state index in [-0.39, 0.29) is 0 Å². The van der Waals surface area contributed by atoms with Crippen molar-refractivity contribution < 1.29 is 0 Å². The van der Waals surface area contributed by atoms with Crippen molar-refractivity contribution in [3.8, 4) is 0 Å². The molecule has 1 rings (SSSR count). The second kappa shape index (κ2) is 5.23. The Morgan fingerprint density at radius 1 is 1.21 bits per heavy atom. The van der Waals surface area contributed by atoms with Crippen LogP contribution in [0.1, 0.15) is 25.0 Å². The monoisotopic (exact) mass is 207 g/mol. The third-order valence-corrected chi connectivity index (χ3v) is 2.79. The van der Waals surface area contributed by atoms with Gasteiger partial charge >= 0.3 is 0 Å². The quantitative estimate of drug-likeness (QED) is 0.726. The zero-order chi connectivity index (χ0) is 10.6. The summed E-state index contributed by atoms with van der Waals surface area (Å²) in [7, 11) is 1.95. The molecule has 1 nitrogen and oxygen atoms in total. The Labute approximate surface area is 91.6 Å². The Morgan fingerprint density at radius 2 is 1.79 bits per heavy atom. The molecule has 0 fully saturated rings. The van der Waals surface area contributed by atoms with Crippen molar-refractivity contribution in [1.29, 1.82) is 0 Å². The van der Waals surface area contributed by atoms with Gasteiger partial charge in [0.05, 0.1) is 0 Å². The fraction of sp³-hybridized carbons (Fsp3) is 0.333. The number of hydrogen-bond acceptors (Lipinski definition) is 2. The normalized spacial score (nSPS) is 10.0. The van der Waals surface area contributed by atoms with Crippen LogP contribution in [0.2, 0.25) is 0 Å². The number of thiol groups is 1. The highest BCUT2D eigenvalue weighted by atomic mass is 32.1. The lowest BCUT2D eigenvalue weighted by atomic mass is 10.1. The molecule has 0 radical (unpaired) electrons. The molecule has 2 heteroatoms. The van der Waals surface area contributed by atoms with E-state index in [4.69, 9.17) is 0 Å². The molecule has 0 bridgehead atoms. The minimum Gasteiger partial charge on any atom is -0.316 e. The second-order valence-corrected chi connectivity index (χ2v) is 4.02. The van der Waals surface area contributed by atoms with Crippen LogP contribution >= 0.6 is 12.6 Å². The molecule has 0 aliphatic carbocycles. The molecule has 14 heavy (non-hydrogen) atoms. The first-order valence-corrected chi connectivity index (χ1v) is 5.20. The highest BCUT2D eigenvalue weighted by molar-refractivity contribution is 7.90. The summed E-state index contributed by atoms with van der Waals surface area (Å²) in [6, 6.07) is 8.49. The molecule has 1 aromatic rings. The average molecular weight is 207 g/mol. The van der Waals surface area contributed by atoms with Gasteiger partial charge in [-0.1, -0.05) is 29.8 Å². The first kappa shape index (κ1) is 11.3. The summed E-state index contributed by atoms with van der Waals surface area (Å²) in [5.41, 5.74) is 3.73. The number of allylic oxidation sites excluding steroid dienone is 1.